The molecule has 0 amide bonds. The molecule has 0 saturated carbocycles. The van der Waals surface area contributed by atoms with E-state index in [-0.39, 0.29) is 0 Å². The van der Waals surface area contributed by atoms with E-state index in [2.05, 4.69) is 42.3 Å². The first-order valence-corrected chi connectivity index (χ1v) is 6.79. The van der Waals surface area contributed by atoms with Gasteiger partial charge in [-0.3, -0.25) is 0 Å². The summed E-state index contributed by atoms with van der Waals surface area (Å²) in [6, 6.07) is 6.59. The molecular weight excluding hydrogens is 224 g/mol. The zero-order chi connectivity index (χ0) is 13.2. The van der Waals surface area contributed by atoms with Crippen molar-refractivity contribution in [2.75, 3.05) is 24.5 Å². The third kappa shape index (κ3) is 3.03. The van der Waals surface area contributed by atoms with Gasteiger partial charge in [0.15, 0.2) is 0 Å². The normalized spacial score (nSPS) is 23.7. The number of β-amino-alcohol motifs (C(OH)–C–C–N with tert-alkyl or cyclic N) is 1. The Morgan fingerprint density at radius 3 is 2.78 bits per heavy atom. The molecule has 3 heteroatoms. The van der Waals surface area contributed by atoms with Crippen LogP contribution in [0, 0.1) is 6.92 Å². The lowest BCUT2D eigenvalue weighted by Crippen LogP contribution is -2.29. The molecule has 0 aromatic heterocycles. The molecule has 1 unspecified atom stereocenters. The van der Waals surface area contributed by atoms with Gasteiger partial charge in [0.1, 0.15) is 0 Å². The van der Waals surface area contributed by atoms with Crippen LogP contribution in [-0.2, 0) is 6.54 Å². The summed E-state index contributed by atoms with van der Waals surface area (Å²) in [5, 5.41) is 13.4. The molecule has 1 heterocycles. The summed E-state index contributed by atoms with van der Waals surface area (Å²) in [5.74, 6) is 0. The SMILES string of the molecule is CCNCc1ccc(N2CCC(C)(O)C2)cc1C. The lowest BCUT2D eigenvalue weighted by Gasteiger charge is -2.22. The second-order valence-electron chi connectivity index (χ2n) is 5.56. The molecule has 100 valence electrons. The van der Waals surface area contributed by atoms with Gasteiger partial charge in [0.05, 0.1) is 5.60 Å². The molecule has 2 rings (SSSR count). The van der Waals surface area contributed by atoms with Crippen LogP contribution in [0.25, 0.3) is 0 Å². The minimum atomic E-state index is -0.531. The molecular formula is C15H24N2O. The highest BCUT2D eigenvalue weighted by Gasteiger charge is 2.31. The summed E-state index contributed by atoms with van der Waals surface area (Å²) in [7, 11) is 0. The highest BCUT2D eigenvalue weighted by Crippen LogP contribution is 2.27. The molecule has 1 aliphatic heterocycles. The van der Waals surface area contributed by atoms with Crippen LogP contribution in [0.4, 0.5) is 5.69 Å². The van der Waals surface area contributed by atoms with Gasteiger partial charge in [-0.2, -0.15) is 0 Å². The highest BCUT2D eigenvalue weighted by molar-refractivity contribution is 5.52. The largest absolute Gasteiger partial charge is 0.388 e. The minimum absolute atomic E-state index is 0.531. The van der Waals surface area contributed by atoms with Crippen LogP contribution in [-0.4, -0.2) is 30.3 Å². The summed E-state index contributed by atoms with van der Waals surface area (Å²) >= 11 is 0. The maximum atomic E-state index is 10.0. The van der Waals surface area contributed by atoms with Crippen LogP contribution in [0.3, 0.4) is 0 Å². The molecule has 0 aliphatic carbocycles. The molecule has 1 atom stereocenters. The minimum Gasteiger partial charge on any atom is -0.388 e. The maximum Gasteiger partial charge on any atom is 0.0810 e. The average molecular weight is 248 g/mol. The second-order valence-corrected chi connectivity index (χ2v) is 5.56. The molecule has 18 heavy (non-hydrogen) atoms. The van der Waals surface area contributed by atoms with Crippen LogP contribution in [0.2, 0.25) is 0 Å². The van der Waals surface area contributed by atoms with Crippen molar-refractivity contribution in [3.05, 3.63) is 29.3 Å². The van der Waals surface area contributed by atoms with Crippen molar-refractivity contribution in [2.45, 2.75) is 39.3 Å². The first-order chi connectivity index (χ1) is 8.52. The number of hydrogen-bond donors (Lipinski definition) is 2. The molecule has 2 N–H and O–H groups in total. The molecule has 0 spiro atoms. The Kier molecular flexibility index (Phi) is 3.93. The average Bonchev–Trinajstić information content (AvgIpc) is 2.68. The van der Waals surface area contributed by atoms with Gasteiger partial charge < -0.3 is 15.3 Å². The van der Waals surface area contributed by atoms with Crippen LogP contribution in [0.15, 0.2) is 18.2 Å². The van der Waals surface area contributed by atoms with E-state index in [1.807, 2.05) is 6.92 Å². The first kappa shape index (κ1) is 13.4. The molecule has 1 fully saturated rings. The number of benzene rings is 1. The van der Waals surface area contributed by atoms with Gasteiger partial charge in [0.25, 0.3) is 0 Å². The Balaban J connectivity index is 2.09. The number of anilines is 1. The predicted molar refractivity (Wildman–Crippen MR) is 76.0 cm³/mol. The van der Waals surface area contributed by atoms with E-state index >= 15 is 0 Å². The summed E-state index contributed by atoms with van der Waals surface area (Å²) in [6.07, 6.45) is 0.852. The summed E-state index contributed by atoms with van der Waals surface area (Å²) in [5.41, 5.74) is 3.37. The summed E-state index contributed by atoms with van der Waals surface area (Å²) < 4.78 is 0. The first-order valence-electron chi connectivity index (χ1n) is 6.79. The van der Waals surface area contributed by atoms with E-state index in [1.165, 1.54) is 16.8 Å². The zero-order valence-corrected chi connectivity index (χ0v) is 11.7. The van der Waals surface area contributed by atoms with Crippen molar-refractivity contribution in [1.82, 2.24) is 5.32 Å². The number of hydrogen-bond acceptors (Lipinski definition) is 3. The lowest BCUT2D eigenvalue weighted by molar-refractivity contribution is 0.0839. The van der Waals surface area contributed by atoms with Crippen LogP contribution >= 0.6 is 0 Å². The van der Waals surface area contributed by atoms with E-state index in [0.717, 1.165) is 32.6 Å². The smallest absolute Gasteiger partial charge is 0.0810 e. The highest BCUT2D eigenvalue weighted by atomic mass is 16.3. The van der Waals surface area contributed by atoms with E-state index in [1.54, 1.807) is 0 Å². The van der Waals surface area contributed by atoms with Gasteiger partial charge in [-0.25, -0.2) is 0 Å². The van der Waals surface area contributed by atoms with Crippen molar-refractivity contribution >= 4 is 5.69 Å². The van der Waals surface area contributed by atoms with Gasteiger partial charge in [0, 0.05) is 25.3 Å². The van der Waals surface area contributed by atoms with Crippen LogP contribution < -0.4 is 10.2 Å². The fraction of sp³-hybridized carbons (Fsp3) is 0.600. The van der Waals surface area contributed by atoms with E-state index in [0.29, 0.717) is 0 Å². The Bertz CT molecular complexity index is 415. The third-order valence-electron chi connectivity index (χ3n) is 3.71. The monoisotopic (exact) mass is 248 g/mol. The number of nitrogens with zero attached hydrogens (tertiary/aromatic N) is 1. The quantitative estimate of drug-likeness (QED) is 0.856. The third-order valence-corrected chi connectivity index (χ3v) is 3.71. The van der Waals surface area contributed by atoms with Crippen LogP contribution in [0.1, 0.15) is 31.4 Å². The Morgan fingerprint density at radius 2 is 2.22 bits per heavy atom. The standard InChI is InChI=1S/C15H24N2O/c1-4-16-10-13-5-6-14(9-12(13)2)17-8-7-15(3,18)11-17/h5-6,9,16,18H,4,7-8,10-11H2,1-3H3. The van der Waals surface area contributed by atoms with Crippen LogP contribution in [0.5, 0.6) is 0 Å². The molecule has 1 aromatic rings. The van der Waals surface area contributed by atoms with Crippen molar-refractivity contribution in [2.24, 2.45) is 0 Å². The second kappa shape index (κ2) is 5.29. The Hall–Kier alpha value is -1.06. The van der Waals surface area contributed by atoms with Gasteiger partial charge in [-0.1, -0.05) is 13.0 Å². The summed E-state index contributed by atoms with van der Waals surface area (Å²) in [4.78, 5) is 2.27. The lowest BCUT2D eigenvalue weighted by atomic mass is 10.1. The fourth-order valence-electron chi connectivity index (χ4n) is 2.50. The predicted octanol–water partition coefficient (Wildman–Crippen LogP) is 2.07. The number of aryl methyl sites for hydroxylation is 1. The van der Waals surface area contributed by atoms with Gasteiger partial charge in [-0.05, 0) is 50.1 Å². The zero-order valence-electron chi connectivity index (χ0n) is 11.7. The molecule has 1 aliphatic rings. The number of nitrogens with one attached hydrogen (secondary N) is 1. The molecule has 0 bridgehead atoms. The number of aliphatic hydroxyl groups is 1. The van der Waals surface area contributed by atoms with E-state index in [9.17, 15) is 5.11 Å². The molecule has 1 aromatic carbocycles. The van der Waals surface area contributed by atoms with Crippen molar-refractivity contribution in [3.8, 4) is 0 Å². The van der Waals surface area contributed by atoms with Gasteiger partial charge in [-0.15, -0.1) is 0 Å². The van der Waals surface area contributed by atoms with Crippen molar-refractivity contribution in [3.63, 3.8) is 0 Å². The maximum absolute atomic E-state index is 10.0. The van der Waals surface area contributed by atoms with E-state index < -0.39 is 5.60 Å². The summed E-state index contributed by atoms with van der Waals surface area (Å²) in [6.45, 7) is 9.80. The van der Waals surface area contributed by atoms with Crippen molar-refractivity contribution in [1.29, 1.82) is 0 Å². The van der Waals surface area contributed by atoms with Crippen molar-refractivity contribution < 1.29 is 5.11 Å². The van der Waals surface area contributed by atoms with Gasteiger partial charge in [0.2, 0.25) is 0 Å². The molecule has 1 saturated heterocycles. The van der Waals surface area contributed by atoms with Gasteiger partial charge >= 0.3 is 0 Å². The topological polar surface area (TPSA) is 35.5 Å². The fourth-order valence-corrected chi connectivity index (χ4v) is 2.50. The number of rotatable bonds is 4. The Morgan fingerprint density at radius 1 is 1.44 bits per heavy atom. The Labute approximate surface area is 110 Å². The molecule has 3 nitrogen and oxygen atoms in total. The molecule has 0 radical (unpaired) electrons. The van der Waals surface area contributed by atoms with E-state index in [4.69, 9.17) is 0 Å².